The van der Waals surface area contributed by atoms with Gasteiger partial charge in [0.25, 0.3) is 0 Å². The fraction of sp³-hybridized carbons (Fsp3) is 0.435. The van der Waals surface area contributed by atoms with Crippen LogP contribution >= 0.6 is 11.6 Å². The van der Waals surface area contributed by atoms with E-state index >= 15 is 0 Å². The van der Waals surface area contributed by atoms with Crippen LogP contribution in [-0.2, 0) is 29.2 Å². The summed E-state index contributed by atoms with van der Waals surface area (Å²) in [5.41, 5.74) is 3.39. The Bertz CT molecular complexity index is 791. The molecule has 2 aromatic carbocycles. The molecule has 0 atom stereocenters. The van der Waals surface area contributed by atoms with Gasteiger partial charge < -0.3 is 20.1 Å². The fourth-order valence-electron chi connectivity index (χ4n) is 3.21. The molecule has 6 heteroatoms. The minimum Gasteiger partial charge on any atom is -0.381 e. The molecule has 1 aliphatic heterocycles. The summed E-state index contributed by atoms with van der Waals surface area (Å²) < 4.78 is 11.4. The summed E-state index contributed by atoms with van der Waals surface area (Å²) in [4.78, 5) is 4.71. The van der Waals surface area contributed by atoms with Gasteiger partial charge in [-0.3, -0.25) is 0 Å². The molecule has 0 saturated carbocycles. The Morgan fingerprint density at radius 2 is 1.90 bits per heavy atom. The van der Waals surface area contributed by atoms with Crippen LogP contribution in [0.15, 0.2) is 53.5 Å². The van der Waals surface area contributed by atoms with Crippen molar-refractivity contribution in [1.82, 2.24) is 10.6 Å². The van der Waals surface area contributed by atoms with Gasteiger partial charge in [0.2, 0.25) is 0 Å². The molecule has 156 valence electrons. The quantitative estimate of drug-likeness (QED) is 0.498. The Morgan fingerprint density at radius 3 is 2.69 bits per heavy atom. The van der Waals surface area contributed by atoms with Crippen LogP contribution in [0, 0.1) is 0 Å². The molecular weight excluding hydrogens is 386 g/mol. The zero-order valence-corrected chi connectivity index (χ0v) is 17.8. The van der Waals surface area contributed by atoms with Crippen molar-refractivity contribution in [2.24, 2.45) is 4.99 Å². The molecule has 0 bridgehead atoms. The molecule has 0 aliphatic carbocycles. The molecule has 1 fully saturated rings. The van der Waals surface area contributed by atoms with E-state index in [4.69, 9.17) is 26.1 Å². The molecule has 2 aromatic rings. The lowest BCUT2D eigenvalue weighted by Crippen LogP contribution is -2.36. The van der Waals surface area contributed by atoms with Crippen LogP contribution in [0.3, 0.4) is 0 Å². The summed E-state index contributed by atoms with van der Waals surface area (Å²) in [6, 6.07) is 16.3. The molecule has 0 amide bonds. The Labute approximate surface area is 178 Å². The summed E-state index contributed by atoms with van der Waals surface area (Å²) in [5, 5.41) is 7.39. The number of hydrogen-bond acceptors (Lipinski definition) is 3. The predicted molar refractivity (Wildman–Crippen MR) is 118 cm³/mol. The van der Waals surface area contributed by atoms with Crippen molar-refractivity contribution in [3.05, 3.63) is 70.2 Å². The highest BCUT2D eigenvalue weighted by Crippen LogP contribution is 2.15. The number of nitrogens with zero attached hydrogens (tertiary/aromatic N) is 1. The van der Waals surface area contributed by atoms with Crippen LogP contribution in [0.5, 0.6) is 0 Å². The van der Waals surface area contributed by atoms with E-state index in [0.29, 0.717) is 25.8 Å². The van der Waals surface area contributed by atoms with Crippen LogP contribution in [0.4, 0.5) is 0 Å². The third-order valence-electron chi connectivity index (χ3n) is 4.81. The number of ether oxygens (including phenoxy) is 2. The standard InChI is InChI=1S/C23H30ClN3O2/c1-2-25-23(27-16-20-8-3-4-9-22(20)24)26-15-18-6-5-7-19(14-18)17-29-21-10-12-28-13-11-21/h3-9,14,21H,2,10-13,15-17H2,1H3,(H2,25,26,27). The van der Waals surface area contributed by atoms with Gasteiger partial charge in [0.15, 0.2) is 5.96 Å². The minimum absolute atomic E-state index is 0.305. The van der Waals surface area contributed by atoms with Gasteiger partial charge in [-0.05, 0) is 42.5 Å². The molecule has 0 spiro atoms. The SMILES string of the molecule is CCNC(=NCc1cccc(COC2CCOCC2)c1)NCc1ccccc1Cl. The van der Waals surface area contributed by atoms with Crippen molar-refractivity contribution >= 4 is 17.6 Å². The van der Waals surface area contributed by atoms with Crippen LogP contribution in [0.1, 0.15) is 36.5 Å². The van der Waals surface area contributed by atoms with E-state index in [1.165, 1.54) is 5.56 Å². The molecule has 1 saturated heterocycles. The lowest BCUT2D eigenvalue weighted by atomic mass is 10.1. The number of aliphatic imine (C=N–C) groups is 1. The number of hydrogen-bond donors (Lipinski definition) is 2. The zero-order chi connectivity index (χ0) is 20.3. The first kappa shape index (κ1) is 21.6. The highest BCUT2D eigenvalue weighted by atomic mass is 35.5. The third kappa shape index (κ3) is 7.35. The highest BCUT2D eigenvalue weighted by molar-refractivity contribution is 6.31. The minimum atomic E-state index is 0.305. The second-order valence-electron chi connectivity index (χ2n) is 7.08. The van der Waals surface area contributed by atoms with Gasteiger partial charge in [-0.2, -0.15) is 0 Å². The number of nitrogens with one attached hydrogen (secondary N) is 2. The Kier molecular flexibility index (Phi) is 8.81. The number of rotatable bonds is 8. The molecule has 1 heterocycles. The van der Waals surface area contributed by atoms with Crippen molar-refractivity contribution < 1.29 is 9.47 Å². The average Bonchev–Trinajstić information content (AvgIpc) is 2.76. The van der Waals surface area contributed by atoms with E-state index in [1.54, 1.807) is 0 Å². The Balaban J connectivity index is 1.54. The Hall–Kier alpha value is -2.08. The van der Waals surface area contributed by atoms with Crippen molar-refractivity contribution in [2.75, 3.05) is 19.8 Å². The first-order valence-corrected chi connectivity index (χ1v) is 10.6. The van der Waals surface area contributed by atoms with Crippen LogP contribution < -0.4 is 10.6 Å². The lowest BCUT2D eigenvalue weighted by Gasteiger charge is -2.22. The second kappa shape index (κ2) is 11.8. The number of guanidine groups is 1. The van der Waals surface area contributed by atoms with Crippen LogP contribution in [0.25, 0.3) is 0 Å². The second-order valence-corrected chi connectivity index (χ2v) is 7.49. The molecule has 1 aliphatic rings. The summed E-state index contributed by atoms with van der Waals surface area (Å²) >= 11 is 6.24. The third-order valence-corrected chi connectivity index (χ3v) is 5.18. The number of halogens is 1. The average molecular weight is 416 g/mol. The summed E-state index contributed by atoms with van der Waals surface area (Å²) in [7, 11) is 0. The van der Waals surface area contributed by atoms with Gasteiger partial charge in [0, 0.05) is 31.3 Å². The molecule has 3 rings (SSSR count). The van der Waals surface area contributed by atoms with E-state index in [-0.39, 0.29) is 0 Å². The normalized spacial score (nSPS) is 15.3. The van der Waals surface area contributed by atoms with Crippen molar-refractivity contribution in [1.29, 1.82) is 0 Å². The topological polar surface area (TPSA) is 54.9 Å². The maximum absolute atomic E-state index is 6.24. The zero-order valence-electron chi connectivity index (χ0n) is 17.0. The maximum atomic E-state index is 6.24. The number of benzene rings is 2. The van der Waals surface area contributed by atoms with E-state index in [1.807, 2.05) is 24.3 Å². The van der Waals surface area contributed by atoms with Crippen molar-refractivity contribution in [3.63, 3.8) is 0 Å². The summed E-state index contributed by atoms with van der Waals surface area (Å²) in [5.74, 6) is 0.774. The lowest BCUT2D eigenvalue weighted by molar-refractivity contribution is -0.0390. The highest BCUT2D eigenvalue weighted by Gasteiger charge is 2.14. The van der Waals surface area contributed by atoms with Crippen molar-refractivity contribution in [3.8, 4) is 0 Å². The summed E-state index contributed by atoms with van der Waals surface area (Å²) in [6.07, 6.45) is 2.26. The van der Waals surface area contributed by atoms with Gasteiger partial charge in [-0.1, -0.05) is 54.1 Å². The monoisotopic (exact) mass is 415 g/mol. The van der Waals surface area contributed by atoms with Crippen LogP contribution in [-0.4, -0.2) is 31.8 Å². The largest absolute Gasteiger partial charge is 0.381 e. The van der Waals surface area contributed by atoms with E-state index in [9.17, 15) is 0 Å². The fourth-order valence-corrected chi connectivity index (χ4v) is 3.41. The van der Waals surface area contributed by atoms with Gasteiger partial charge in [-0.25, -0.2) is 4.99 Å². The van der Waals surface area contributed by atoms with Gasteiger partial charge in [0.1, 0.15) is 0 Å². The van der Waals surface area contributed by atoms with E-state index in [0.717, 1.165) is 54.7 Å². The molecule has 0 unspecified atom stereocenters. The smallest absolute Gasteiger partial charge is 0.191 e. The summed E-state index contributed by atoms with van der Waals surface area (Å²) in [6.45, 7) is 6.32. The van der Waals surface area contributed by atoms with E-state index < -0.39 is 0 Å². The Morgan fingerprint density at radius 1 is 1.10 bits per heavy atom. The first-order valence-electron chi connectivity index (χ1n) is 10.3. The van der Waals surface area contributed by atoms with Crippen LogP contribution in [0.2, 0.25) is 5.02 Å². The molecule has 0 radical (unpaired) electrons. The predicted octanol–water partition coefficient (Wildman–Crippen LogP) is 4.29. The van der Waals surface area contributed by atoms with Gasteiger partial charge in [0.05, 0.1) is 19.3 Å². The van der Waals surface area contributed by atoms with Gasteiger partial charge >= 0.3 is 0 Å². The molecule has 5 nitrogen and oxygen atoms in total. The molecular formula is C23H30ClN3O2. The first-order chi connectivity index (χ1) is 14.2. The molecule has 2 N–H and O–H groups in total. The van der Waals surface area contributed by atoms with Gasteiger partial charge in [-0.15, -0.1) is 0 Å². The molecule has 0 aromatic heterocycles. The maximum Gasteiger partial charge on any atom is 0.191 e. The van der Waals surface area contributed by atoms with E-state index in [2.05, 4.69) is 41.8 Å². The van der Waals surface area contributed by atoms with Crippen molar-refractivity contribution in [2.45, 2.75) is 45.6 Å². The molecule has 29 heavy (non-hydrogen) atoms.